The summed E-state index contributed by atoms with van der Waals surface area (Å²) in [6, 6.07) is 19.0. The highest BCUT2D eigenvalue weighted by Gasteiger charge is 2.15. The van der Waals surface area contributed by atoms with Gasteiger partial charge in [-0.2, -0.15) is 0 Å². The molecule has 0 saturated heterocycles. The highest BCUT2D eigenvalue weighted by atomic mass is 32.2. The standard InChI is InChI=1S/C25H21FO2S/c1-3-23(27)22-16-13-20(24(26)25(22)28)10-7-17-5-8-18(9-6-17)19-11-14-21(15-12-19)29-4-2/h5-6,8-9,11-16,28H,3-4H2,1-2H3. The van der Waals surface area contributed by atoms with E-state index in [1.807, 2.05) is 24.3 Å². The van der Waals surface area contributed by atoms with Crippen molar-refractivity contribution in [3.8, 4) is 28.7 Å². The van der Waals surface area contributed by atoms with E-state index >= 15 is 0 Å². The molecule has 3 aromatic rings. The van der Waals surface area contributed by atoms with E-state index in [0.29, 0.717) is 0 Å². The Morgan fingerprint density at radius 1 is 0.931 bits per heavy atom. The SMILES string of the molecule is CCSc1ccc(-c2ccc(C#Cc3ccc(C(=O)CC)c(O)c3F)cc2)cc1. The van der Waals surface area contributed by atoms with Crippen LogP contribution in [0, 0.1) is 17.7 Å². The molecular formula is C25H21FO2S. The van der Waals surface area contributed by atoms with Gasteiger partial charge in [-0.15, -0.1) is 11.8 Å². The number of carbonyl (C=O) groups is 1. The number of hydrogen-bond acceptors (Lipinski definition) is 3. The van der Waals surface area contributed by atoms with E-state index in [1.54, 1.807) is 18.7 Å². The number of thioether (sulfide) groups is 1. The molecular weight excluding hydrogens is 383 g/mol. The molecule has 0 amide bonds. The van der Waals surface area contributed by atoms with Crippen LogP contribution < -0.4 is 0 Å². The number of halogens is 1. The number of Topliss-reactive ketones (excluding diaryl/α,β-unsaturated/α-hetero) is 1. The van der Waals surface area contributed by atoms with Crippen LogP contribution in [0.5, 0.6) is 5.75 Å². The Balaban J connectivity index is 1.80. The first kappa shape index (κ1) is 20.7. The third-order valence-corrected chi connectivity index (χ3v) is 5.36. The molecule has 0 aromatic heterocycles. The molecule has 0 aliphatic heterocycles. The van der Waals surface area contributed by atoms with Crippen LogP contribution >= 0.6 is 11.8 Å². The molecule has 1 N–H and O–H groups in total. The maximum atomic E-state index is 14.3. The van der Waals surface area contributed by atoms with Crippen molar-refractivity contribution in [1.82, 2.24) is 0 Å². The van der Waals surface area contributed by atoms with Gasteiger partial charge < -0.3 is 5.11 Å². The van der Waals surface area contributed by atoms with Crippen molar-refractivity contribution in [1.29, 1.82) is 0 Å². The average molecular weight is 405 g/mol. The van der Waals surface area contributed by atoms with Crippen molar-refractivity contribution in [3.05, 3.63) is 83.2 Å². The summed E-state index contributed by atoms with van der Waals surface area (Å²) in [5.74, 6) is 4.88. The Kier molecular flexibility index (Phi) is 6.74. The molecule has 0 unspecified atom stereocenters. The Morgan fingerprint density at radius 3 is 2.14 bits per heavy atom. The molecule has 29 heavy (non-hydrogen) atoms. The summed E-state index contributed by atoms with van der Waals surface area (Å²) in [6.45, 7) is 3.79. The Bertz CT molecular complexity index is 1070. The van der Waals surface area contributed by atoms with Crippen LogP contribution in [0.2, 0.25) is 0 Å². The number of hydrogen-bond donors (Lipinski definition) is 1. The number of rotatable bonds is 5. The van der Waals surface area contributed by atoms with E-state index in [0.717, 1.165) is 22.4 Å². The molecule has 0 aliphatic rings. The number of phenols is 1. The highest BCUT2D eigenvalue weighted by molar-refractivity contribution is 7.99. The Hall–Kier alpha value is -3.03. The number of phenolic OH excluding ortho intramolecular Hbond substituents is 1. The normalized spacial score (nSPS) is 10.3. The second-order valence-electron chi connectivity index (χ2n) is 6.38. The van der Waals surface area contributed by atoms with Gasteiger partial charge in [0.2, 0.25) is 0 Å². The smallest absolute Gasteiger partial charge is 0.181 e. The molecule has 3 aromatic carbocycles. The van der Waals surface area contributed by atoms with Crippen LogP contribution in [-0.2, 0) is 0 Å². The summed E-state index contributed by atoms with van der Waals surface area (Å²) in [5, 5.41) is 9.93. The molecule has 0 saturated carbocycles. The van der Waals surface area contributed by atoms with Gasteiger partial charge in [-0.3, -0.25) is 4.79 Å². The Morgan fingerprint density at radius 2 is 1.55 bits per heavy atom. The number of ketones is 1. The zero-order valence-corrected chi connectivity index (χ0v) is 17.1. The highest BCUT2D eigenvalue weighted by Crippen LogP contribution is 2.26. The Labute approximate surface area is 174 Å². The van der Waals surface area contributed by atoms with Crippen molar-refractivity contribution in [2.24, 2.45) is 0 Å². The first-order chi connectivity index (χ1) is 14.0. The first-order valence-electron chi connectivity index (χ1n) is 9.43. The monoisotopic (exact) mass is 404 g/mol. The minimum absolute atomic E-state index is 0.0109. The van der Waals surface area contributed by atoms with Crippen molar-refractivity contribution >= 4 is 17.5 Å². The lowest BCUT2D eigenvalue weighted by molar-refractivity contribution is 0.0985. The zero-order valence-electron chi connectivity index (χ0n) is 16.3. The largest absolute Gasteiger partial charge is 0.504 e. The van der Waals surface area contributed by atoms with Crippen LogP contribution in [0.1, 0.15) is 41.8 Å². The second-order valence-corrected chi connectivity index (χ2v) is 7.72. The molecule has 2 nitrogen and oxygen atoms in total. The molecule has 0 atom stereocenters. The van der Waals surface area contributed by atoms with Gasteiger partial charge in [-0.1, -0.05) is 50.0 Å². The quantitative estimate of drug-likeness (QED) is 0.308. The number of carbonyl (C=O) groups excluding carboxylic acids is 1. The summed E-state index contributed by atoms with van der Waals surface area (Å²) in [5.41, 5.74) is 2.98. The third kappa shape index (κ3) is 4.88. The van der Waals surface area contributed by atoms with Crippen molar-refractivity contribution < 1.29 is 14.3 Å². The van der Waals surface area contributed by atoms with Gasteiger partial charge in [0, 0.05) is 16.9 Å². The van der Waals surface area contributed by atoms with Gasteiger partial charge in [0.25, 0.3) is 0 Å². The summed E-state index contributed by atoms with van der Waals surface area (Å²) in [7, 11) is 0. The van der Waals surface area contributed by atoms with E-state index in [9.17, 15) is 14.3 Å². The van der Waals surface area contributed by atoms with Gasteiger partial charge in [-0.05, 0) is 53.3 Å². The van der Waals surface area contributed by atoms with Crippen LogP contribution in [0.4, 0.5) is 4.39 Å². The number of aromatic hydroxyl groups is 1. The lowest BCUT2D eigenvalue weighted by atomic mass is 10.0. The first-order valence-corrected chi connectivity index (χ1v) is 10.4. The molecule has 0 bridgehead atoms. The zero-order chi connectivity index (χ0) is 20.8. The fourth-order valence-corrected chi connectivity index (χ4v) is 3.53. The topological polar surface area (TPSA) is 37.3 Å². The van der Waals surface area contributed by atoms with Crippen LogP contribution in [0.3, 0.4) is 0 Å². The van der Waals surface area contributed by atoms with Gasteiger partial charge in [0.15, 0.2) is 17.3 Å². The van der Waals surface area contributed by atoms with E-state index in [4.69, 9.17) is 0 Å². The minimum Gasteiger partial charge on any atom is -0.504 e. The summed E-state index contributed by atoms with van der Waals surface area (Å²) in [6.07, 6.45) is 0.199. The summed E-state index contributed by atoms with van der Waals surface area (Å²) >= 11 is 1.81. The van der Waals surface area contributed by atoms with Gasteiger partial charge >= 0.3 is 0 Å². The second kappa shape index (κ2) is 9.45. The predicted octanol–water partition coefficient (Wildman–Crippen LogP) is 6.30. The van der Waals surface area contributed by atoms with E-state index < -0.39 is 11.6 Å². The molecule has 146 valence electrons. The molecule has 0 radical (unpaired) electrons. The maximum Gasteiger partial charge on any atom is 0.181 e. The molecule has 0 heterocycles. The van der Waals surface area contributed by atoms with Gasteiger partial charge in [-0.25, -0.2) is 4.39 Å². The lowest BCUT2D eigenvalue weighted by Crippen LogP contribution is -1.99. The van der Waals surface area contributed by atoms with Crippen LogP contribution in [0.15, 0.2) is 65.6 Å². The molecule has 4 heteroatoms. The van der Waals surface area contributed by atoms with Crippen molar-refractivity contribution in [2.45, 2.75) is 25.2 Å². The molecule has 0 fully saturated rings. The van der Waals surface area contributed by atoms with Crippen molar-refractivity contribution in [3.63, 3.8) is 0 Å². The lowest BCUT2D eigenvalue weighted by Gasteiger charge is -2.05. The number of benzene rings is 3. The van der Waals surface area contributed by atoms with Gasteiger partial charge in [0.05, 0.1) is 11.1 Å². The van der Waals surface area contributed by atoms with Crippen LogP contribution in [0.25, 0.3) is 11.1 Å². The minimum atomic E-state index is -0.863. The predicted molar refractivity (Wildman–Crippen MR) is 117 cm³/mol. The molecule has 3 rings (SSSR count). The summed E-state index contributed by atoms with van der Waals surface area (Å²) < 4.78 is 14.3. The van der Waals surface area contributed by atoms with E-state index in [-0.39, 0.29) is 23.3 Å². The molecule has 0 spiro atoms. The third-order valence-electron chi connectivity index (χ3n) is 4.46. The van der Waals surface area contributed by atoms with E-state index in [2.05, 4.69) is 43.0 Å². The maximum absolute atomic E-state index is 14.3. The van der Waals surface area contributed by atoms with E-state index in [1.165, 1.54) is 17.0 Å². The van der Waals surface area contributed by atoms with Gasteiger partial charge in [0.1, 0.15) is 0 Å². The molecule has 0 aliphatic carbocycles. The van der Waals surface area contributed by atoms with Crippen molar-refractivity contribution in [2.75, 3.05) is 5.75 Å². The average Bonchev–Trinajstić information content (AvgIpc) is 2.75. The fraction of sp³-hybridized carbons (Fsp3) is 0.160. The fourth-order valence-electron chi connectivity index (χ4n) is 2.87. The summed E-state index contributed by atoms with van der Waals surface area (Å²) in [4.78, 5) is 13.0. The van der Waals surface area contributed by atoms with Crippen LogP contribution in [-0.4, -0.2) is 16.6 Å².